The van der Waals surface area contributed by atoms with Crippen LogP contribution in [-0.4, -0.2) is 21.0 Å². The third kappa shape index (κ3) is 2.84. The number of benzene rings is 2. The van der Waals surface area contributed by atoms with Crippen LogP contribution in [0.1, 0.15) is 21.7 Å². The van der Waals surface area contributed by atoms with Crippen molar-refractivity contribution in [1.82, 2.24) is 9.97 Å². The van der Waals surface area contributed by atoms with Crippen LogP contribution in [0.15, 0.2) is 36.4 Å². The molecule has 110 valence electrons. The van der Waals surface area contributed by atoms with Crippen molar-refractivity contribution in [3.8, 4) is 0 Å². The molecule has 0 fully saturated rings. The predicted octanol–water partition coefficient (Wildman–Crippen LogP) is 4.74. The molecule has 0 saturated heterocycles. The van der Waals surface area contributed by atoms with Crippen molar-refractivity contribution in [2.75, 3.05) is 0 Å². The van der Waals surface area contributed by atoms with Gasteiger partial charge >= 0.3 is 5.97 Å². The van der Waals surface area contributed by atoms with Crippen LogP contribution in [0.2, 0.25) is 10.0 Å². The van der Waals surface area contributed by atoms with Crippen LogP contribution < -0.4 is 0 Å². The number of hydrogen-bond acceptors (Lipinski definition) is 2. The van der Waals surface area contributed by atoms with Gasteiger partial charge in [0.1, 0.15) is 11.3 Å². The lowest BCUT2D eigenvalue weighted by Gasteiger charge is -1.96. The number of carboxylic acids is 1. The van der Waals surface area contributed by atoms with Gasteiger partial charge in [-0.05, 0) is 35.9 Å². The number of imidazole rings is 1. The van der Waals surface area contributed by atoms with Gasteiger partial charge in [0.15, 0.2) is 0 Å². The highest BCUT2D eigenvalue weighted by atomic mass is 35.5. The van der Waals surface area contributed by atoms with Gasteiger partial charge in [-0.2, -0.15) is 0 Å². The molecule has 0 saturated carbocycles. The van der Waals surface area contributed by atoms with E-state index < -0.39 is 5.97 Å². The minimum atomic E-state index is -1.00. The van der Waals surface area contributed by atoms with E-state index in [0.717, 1.165) is 5.56 Å². The first-order valence-electron chi connectivity index (χ1n) is 6.40. The number of fused-ring (bicyclic) bond motifs is 1. The van der Waals surface area contributed by atoms with E-state index in [1.165, 1.54) is 6.07 Å². The lowest BCUT2D eigenvalue weighted by atomic mass is 10.2. The van der Waals surface area contributed by atoms with Crippen LogP contribution in [0, 0.1) is 0 Å². The molecule has 3 rings (SSSR count). The van der Waals surface area contributed by atoms with Crippen LogP contribution >= 0.6 is 23.2 Å². The Labute approximate surface area is 136 Å². The van der Waals surface area contributed by atoms with Crippen LogP contribution in [0.25, 0.3) is 23.2 Å². The Morgan fingerprint density at radius 3 is 2.68 bits per heavy atom. The summed E-state index contributed by atoms with van der Waals surface area (Å²) in [6.07, 6.45) is 3.57. The molecule has 0 bridgehead atoms. The van der Waals surface area contributed by atoms with E-state index in [4.69, 9.17) is 28.3 Å². The molecule has 1 heterocycles. The number of aromatic carboxylic acids is 1. The van der Waals surface area contributed by atoms with Crippen molar-refractivity contribution in [3.05, 3.63) is 63.4 Å². The van der Waals surface area contributed by atoms with Gasteiger partial charge in [-0.15, -0.1) is 0 Å². The monoisotopic (exact) mass is 332 g/mol. The minimum Gasteiger partial charge on any atom is -0.478 e. The van der Waals surface area contributed by atoms with Gasteiger partial charge in [-0.25, -0.2) is 9.78 Å². The fourth-order valence-electron chi connectivity index (χ4n) is 2.09. The van der Waals surface area contributed by atoms with Gasteiger partial charge in [0, 0.05) is 0 Å². The number of carbonyl (C=O) groups is 1. The summed E-state index contributed by atoms with van der Waals surface area (Å²) in [7, 11) is 0. The third-order valence-corrected chi connectivity index (χ3v) is 3.88. The molecule has 3 aromatic rings. The average Bonchev–Trinajstić information content (AvgIpc) is 2.91. The Kier molecular flexibility index (Phi) is 3.88. The number of nitrogens with zero attached hydrogens (tertiary/aromatic N) is 1. The lowest BCUT2D eigenvalue weighted by Crippen LogP contribution is -1.96. The fourth-order valence-corrected chi connectivity index (χ4v) is 2.40. The van der Waals surface area contributed by atoms with Crippen LogP contribution in [0.4, 0.5) is 0 Å². The molecule has 6 heteroatoms. The topological polar surface area (TPSA) is 66.0 Å². The normalized spacial score (nSPS) is 11.4. The van der Waals surface area contributed by atoms with Crippen molar-refractivity contribution in [2.45, 2.75) is 0 Å². The first-order chi connectivity index (χ1) is 10.5. The average molecular weight is 333 g/mol. The van der Waals surface area contributed by atoms with Crippen molar-refractivity contribution >= 4 is 52.4 Å². The molecule has 22 heavy (non-hydrogen) atoms. The van der Waals surface area contributed by atoms with Crippen molar-refractivity contribution in [1.29, 1.82) is 0 Å². The number of H-pyrrole nitrogens is 1. The highest BCUT2D eigenvalue weighted by molar-refractivity contribution is 6.42. The standard InChI is InChI=1S/C16H10Cl2N2O2/c17-11-6-4-9(8-12(11)18)5-7-14-19-13-3-1-2-10(16(21)22)15(13)20-14/h1-8H,(H,19,20)(H,21,22)/b7-5+. The Hall–Kier alpha value is -2.30. The van der Waals surface area contributed by atoms with E-state index in [1.54, 1.807) is 30.3 Å². The zero-order valence-electron chi connectivity index (χ0n) is 11.2. The van der Waals surface area contributed by atoms with Crippen LogP contribution in [-0.2, 0) is 0 Å². The number of carboxylic acid groups (broad SMARTS) is 1. The van der Waals surface area contributed by atoms with Crippen molar-refractivity contribution < 1.29 is 9.90 Å². The highest BCUT2D eigenvalue weighted by Gasteiger charge is 2.11. The summed E-state index contributed by atoms with van der Waals surface area (Å²) in [6.45, 7) is 0. The second kappa shape index (κ2) is 5.83. The van der Waals surface area contributed by atoms with E-state index >= 15 is 0 Å². The molecule has 0 atom stereocenters. The summed E-state index contributed by atoms with van der Waals surface area (Å²) in [5.41, 5.74) is 2.15. The van der Waals surface area contributed by atoms with Crippen molar-refractivity contribution in [3.63, 3.8) is 0 Å². The smallest absolute Gasteiger partial charge is 0.337 e. The summed E-state index contributed by atoms with van der Waals surface area (Å²) in [4.78, 5) is 18.5. The largest absolute Gasteiger partial charge is 0.478 e. The quantitative estimate of drug-likeness (QED) is 0.728. The number of nitrogens with one attached hydrogen (secondary N) is 1. The predicted molar refractivity (Wildman–Crippen MR) is 88.4 cm³/mol. The number of aromatic nitrogens is 2. The molecule has 0 radical (unpaired) electrons. The first kappa shape index (κ1) is 14.6. The van der Waals surface area contributed by atoms with E-state index in [9.17, 15) is 4.79 Å². The maximum absolute atomic E-state index is 11.2. The Morgan fingerprint density at radius 2 is 1.95 bits per heavy atom. The van der Waals surface area contributed by atoms with Crippen LogP contribution in [0.5, 0.6) is 0 Å². The highest BCUT2D eigenvalue weighted by Crippen LogP contribution is 2.24. The number of hydrogen-bond donors (Lipinski definition) is 2. The fraction of sp³-hybridized carbons (Fsp3) is 0. The minimum absolute atomic E-state index is 0.169. The number of aromatic amines is 1. The molecule has 0 aliphatic heterocycles. The molecule has 2 aromatic carbocycles. The zero-order chi connectivity index (χ0) is 15.7. The van der Waals surface area contributed by atoms with E-state index in [2.05, 4.69) is 9.97 Å². The molecule has 0 unspecified atom stereocenters. The summed E-state index contributed by atoms with van der Waals surface area (Å²) in [5.74, 6) is -0.438. The molecular formula is C16H10Cl2N2O2. The summed E-state index contributed by atoms with van der Waals surface area (Å²) >= 11 is 11.8. The van der Waals surface area contributed by atoms with Gasteiger partial charge in [0.25, 0.3) is 0 Å². The summed E-state index contributed by atoms with van der Waals surface area (Å²) < 4.78 is 0. The summed E-state index contributed by atoms with van der Waals surface area (Å²) in [6, 6.07) is 10.3. The van der Waals surface area contributed by atoms with Gasteiger partial charge in [-0.3, -0.25) is 0 Å². The first-order valence-corrected chi connectivity index (χ1v) is 7.15. The molecule has 0 spiro atoms. The maximum atomic E-state index is 11.2. The SMILES string of the molecule is O=C(O)c1cccc2[nH]c(/C=C/c3ccc(Cl)c(Cl)c3)nc12. The van der Waals surface area contributed by atoms with Gasteiger partial charge in [0.2, 0.25) is 0 Å². The van der Waals surface area contributed by atoms with Gasteiger partial charge in [0.05, 0.1) is 21.1 Å². The molecule has 4 nitrogen and oxygen atoms in total. The Balaban J connectivity index is 1.97. The Morgan fingerprint density at radius 1 is 1.14 bits per heavy atom. The maximum Gasteiger partial charge on any atom is 0.337 e. The number of para-hydroxylation sites is 1. The lowest BCUT2D eigenvalue weighted by molar-refractivity contribution is 0.0699. The van der Waals surface area contributed by atoms with E-state index in [-0.39, 0.29) is 5.56 Å². The molecule has 1 aromatic heterocycles. The van der Waals surface area contributed by atoms with Gasteiger partial charge in [-0.1, -0.05) is 41.4 Å². The van der Waals surface area contributed by atoms with E-state index in [1.807, 2.05) is 12.1 Å². The molecule has 2 N–H and O–H groups in total. The summed E-state index contributed by atoms with van der Waals surface area (Å²) in [5, 5.41) is 10.1. The third-order valence-electron chi connectivity index (χ3n) is 3.14. The van der Waals surface area contributed by atoms with Crippen LogP contribution in [0.3, 0.4) is 0 Å². The van der Waals surface area contributed by atoms with Gasteiger partial charge < -0.3 is 10.1 Å². The molecule has 0 aliphatic carbocycles. The second-order valence-corrected chi connectivity index (χ2v) is 5.45. The second-order valence-electron chi connectivity index (χ2n) is 4.64. The number of rotatable bonds is 3. The molecule has 0 aliphatic rings. The zero-order valence-corrected chi connectivity index (χ0v) is 12.7. The van der Waals surface area contributed by atoms with E-state index in [0.29, 0.717) is 26.9 Å². The molecule has 0 amide bonds. The van der Waals surface area contributed by atoms with Crippen molar-refractivity contribution in [2.24, 2.45) is 0 Å². The molecular weight excluding hydrogens is 323 g/mol. The Bertz CT molecular complexity index is 900. The number of halogens is 2.